The Morgan fingerprint density at radius 2 is 2.09 bits per heavy atom. The monoisotopic (exact) mass is 331 g/mol. The fourth-order valence-corrected chi connectivity index (χ4v) is 2.69. The van der Waals surface area contributed by atoms with Crippen molar-refractivity contribution in [1.29, 1.82) is 0 Å². The fourth-order valence-electron chi connectivity index (χ4n) is 1.91. The highest BCUT2D eigenvalue weighted by Gasteiger charge is 2.12. The third-order valence-corrected chi connectivity index (χ3v) is 3.88. The van der Waals surface area contributed by atoms with Gasteiger partial charge in [0.05, 0.1) is 12.4 Å². The number of nitrogens with zero attached hydrogens (tertiary/aromatic N) is 4. The van der Waals surface area contributed by atoms with Crippen LogP contribution in [0.5, 0.6) is 5.75 Å². The molecule has 118 valence electrons. The highest BCUT2D eigenvalue weighted by molar-refractivity contribution is 7.99. The van der Waals surface area contributed by atoms with E-state index in [4.69, 9.17) is 4.74 Å². The summed E-state index contributed by atoms with van der Waals surface area (Å²) in [6.07, 6.45) is 1.13. The third kappa shape index (κ3) is 3.39. The first-order valence-electron chi connectivity index (χ1n) is 6.87. The van der Waals surface area contributed by atoms with Crippen LogP contribution in [-0.2, 0) is 0 Å². The second-order valence-electron chi connectivity index (χ2n) is 4.52. The Balaban J connectivity index is 1.69. The zero-order valence-corrected chi connectivity index (χ0v) is 13.0. The van der Waals surface area contributed by atoms with Gasteiger partial charge >= 0.3 is 0 Å². The Morgan fingerprint density at radius 1 is 1.30 bits per heavy atom. The van der Waals surface area contributed by atoms with E-state index in [1.165, 1.54) is 16.3 Å². The number of fused-ring (bicyclic) bond motifs is 1. The number of H-pyrrole nitrogens is 1. The molecule has 9 heteroatoms. The molecule has 0 unspecified atom stereocenters. The van der Waals surface area contributed by atoms with E-state index in [2.05, 4.69) is 20.3 Å². The van der Waals surface area contributed by atoms with Gasteiger partial charge < -0.3 is 4.74 Å². The summed E-state index contributed by atoms with van der Waals surface area (Å²) in [5, 5.41) is 12.1. The van der Waals surface area contributed by atoms with Crippen LogP contribution in [0, 0.1) is 0 Å². The molecule has 1 N–H and O–H groups in total. The lowest BCUT2D eigenvalue weighted by Crippen LogP contribution is -2.10. The van der Waals surface area contributed by atoms with Crippen LogP contribution in [0.1, 0.15) is 17.3 Å². The van der Waals surface area contributed by atoms with Crippen LogP contribution in [0.15, 0.2) is 40.4 Å². The predicted molar refractivity (Wildman–Crippen MR) is 84.1 cm³/mol. The molecule has 0 atom stereocenters. The molecule has 23 heavy (non-hydrogen) atoms. The van der Waals surface area contributed by atoms with Crippen molar-refractivity contribution in [3.63, 3.8) is 0 Å². The number of nitrogens with one attached hydrogen (secondary N) is 1. The second-order valence-corrected chi connectivity index (χ2v) is 5.46. The summed E-state index contributed by atoms with van der Waals surface area (Å²) in [7, 11) is 0. The number of rotatable bonds is 6. The number of thioether (sulfide) groups is 1. The van der Waals surface area contributed by atoms with Crippen LogP contribution in [0.4, 0.5) is 0 Å². The first kappa shape index (κ1) is 15.2. The van der Waals surface area contributed by atoms with Crippen LogP contribution in [0.2, 0.25) is 0 Å². The van der Waals surface area contributed by atoms with Crippen molar-refractivity contribution in [2.75, 3.05) is 12.4 Å². The molecule has 0 amide bonds. The number of aromatic amines is 1. The number of carbonyl (C=O) groups excluding carboxylic acids is 1. The van der Waals surface area contributed by atoms with Crippen LogP contribution in [0.3, 0.4) is 0 Å². The molecular weight excluding hydrogens is 318 g/mol. The minimum Gasteiger partial charge on any atom is -0.494 e. The van der Waals surface area contributed by atoms with E-state index in [0.717, 1.165) is 11.9 Å². The third-order valence-electron chi connectivity index (χ3n) is 2.96. The number of ether oxygens (including phenoxy) is 1. The zero-order chi connectivity index (χ0) is 16.2. The number of aromatic nitrogens is 5. The van der Waals surface area contributed by atoms with Crippen LogP contribution in [-0.4, -0.2) is 42.9 Å². The smallest absolute Gasteiger partial charge is 0.271 e. The van der Waals surface area contributed by atoms with Crippen LogP contribution in [0.25, 0.3) is 5.78 Å². The molecular formula is C14H13N5O3S. The largest absolute Gasteiger partial charge is 0.494 e. The number of ketones is 1. The van der Waals surface area contributed by atoms with Gasteiger partial charge in [-0.3, -0.25) is 14.6 Å². The molecule has 0 radical (unpaired) electrons. The minimum absolute atomic E-state index is 0.0424. The average Bonchev–Trinajstić information content (AvgIpc) is 2.95. The second kappa shape index (κ2) is 6.61. The minimum atomic E-state index is -0.355. The molecule has 0 fully saturated rings. The van der Waals surface area contributed by atoms with Crippen LogP contribution < -0.4 is 10.3 Å². The van der Waals surface area contributed by atoms with E-state index >= 15 is 0 Å². The molecule has 0 bridgehead atoms. The van der Waals surface area contributed by atoms with Gasteiger partial charge in [-0.05, 0) is 31.2 Å². The standard InChI is InChI=1S/C14H13N5O3S/c1-2-22-10-5-3-9(4-6-10)11(20)8-23-14-18-17-13-16-12(21)7-15-19(13)14/h3-7H,2,8H2,1H3,(H,16,17,21). The molecule has 2 heterocycles. The van der Waals surface area contributed by atoms with Crippen molar-refractivity contribution in [2.24, 2.45) is 0 Å². The average molecular weight is 331 g/mol. The molecule has 2 aromatic heterocycles. The summed E-state index contributed by atoms with van der Waals surface area (Å²) in [5.74, 6) is 1.12. The molecule has 0 saturated heterocycles. The molecule has 0 spiro atoms. The molecule has 0 aliphatic heterocycles. The normalized spacial score (nSPS) is 10.8. The maximum Gasteiger partial charge on any atom is 0.271 e. The summed E-state index contributed by atoms with van der Waals surface area (Å²) in [6.45, 7) is 2.48. The number of hydrogen-bond donors (Lipinski definition) is 1. The molecule has 0 aliphatic carbocycles. The van der Waals surface area contributed by atoms with E-state index in [1.54, 1.807) is 24.3 Å². The number of Topliss-reactive ketones (excluding diaryl/α,β-unsaturated/α-hetero) is 1. The zero-order valence-electron chi connectivity index (χ0n) is 12.2. The van der Waals surface area contributed by atoms with Gasteiger partial charge in [-0.2, -0.15) is 9.61 Å². The van der Waals surface area contributed by atoms with E-state index in [0.29, 0.717) is 17.3 Å². The highest BCUT2D eigenvalue weighted by Crippen LogP contribution is 2.18. The SMILES string of the molecule is CCOc1ccc(C(=O)CSc2nnc3[nH]c(=O)cnn23)cc1. The van der Waals surface area contributed by atoms with Crippen molar-refractivity contribution in [2.45, 2.75) is 12.1 Å². The van der Waals surface area contributed by atoms with E-state index in [9.17, 15) is 9.59 Å². The Kier molecular flexibility index (Phi) is 4.38. The van der Waals surface area contributed by atoms with Gasteiger partial charge in [0.2, 0.25) is 5.16 Å². The number of carbonyl (C=O) groups is 1. The molecule has 8 nitrogen and oxygen atoms in total. The topological polar surface area (TPSA) is 102 Å². The van der Waals surface area contributed by atoms with Crippen molar-refractivity contribution in [3.05, 3.63) is 46.4 Å². The van der Waals surface area contributed by atoms with Gasteiger partial charge in [-0.15, -0.1) is 10.2 Å². The van der Waals surface area contributed by atoms with Crippen LogP contribution >= 0.6 is 11.8 Å². The first-order valence-corrected chi connectivity index (χ1v) is 7.85. The van der Waals surface area contributed by atoms with Gasteiger partial charge in [0.1, 0.15) is 11.9 Å². The lowest BCUT2D eigenvalue weighted by Gasteiger charge is -2.04. The van der Waals surface area contributed by atoms with E-state index in [-0.39, 0.29) is 22.9 Å². The number of benzene rings is 1. The van der Waals surface area contributed by atoms with Crippen molar-refractivity contribution in [1.82, 2.24) is 24.8 Å². The Morgan fingerprint density at radius 3 is 2.83 bits per heavy atom. The maximum absolute atomic E-state index is 12.2. The first-order chi connectivity index (χ1) is 11.2. The summed E-state index contributed by atoms with van der Waals surface area (Å²) in [4.78, 5) is 25.9. The molecule has 3 aromatic rings. The van der Waals surface area contributed by atoms with Gasteiger partial charge in [0.15, 0.2) is 5.78 Å². The summed E-state index contributed by atoms with van der Waals surface area (Å²) in [5.41, 5.74) is 0.239. The summed E-state index contributed by atoms with van der Waals surface area (Å²) in [6, 6.07) is 6.98. The molecule has 3 rings (SSSR count). The Hall–Kier alpha value is -2.68. The lowest BCUT2D eigenvalue weighted by atomic mass is 10.1. The van der Waals surface area contributed by atoms with Crippen molar-refractivity contribution in [3.8, 4) is 5.75 Å². The van der Waals surface area contributed by atoms with Crippen molar-refractivity contribution < 1.29 is 9.53 Å². The van der Waals surface area contributed by atoms with E-state index in [1.807, 2.05) is 6.92 Å². The van der Waals surface area contributed by atoms with Crippen molar-refractivity contribution >= 4 is 23.3 Å². The highest BCUT2D eigenvalue weighted by atomic mass is 32.2. The van der Waals surface area contributed by atoms with Gasteiger partial charge in [0, 0.05) is 5.56 Å². The maximum atomic E-state index is 12.2. The Labute approximate surface area is 134 Å². The van der Waals surface area contributed by atoms with Gasteiger partial charge in [-0.1, -0.05) is 11.8 Å². The van der Waals surface area contributed by atoms with Gasteiger partial charge in [-0.25, -0.2) is 0 Å². The summed E-state index contributed by atoms with van der Waals surface area (Å²) >= 11 is 1.20. The van der Waals surface area contributed by atoms with Gasteiger partial charge in [0.25, 0.3) is 11.3 Å². The lowest BCUT2D eigenvalue weighted by molar-refractivity contribution is 0.102. The Bertz CT molecular complexity index is 887. The quantitative estimate of drug-likeness (QED) is 0.534. The van der Waals surface area contributed by atoms with E-state index < -0.39 is 0 Å². The fraction of sp³-hybridized carbons (Fsp3) is 0.214. The molecule has 0 aliphatic rings. The number of hydrogen-bond acceptors (Lipinski definition) is 7. The predicted octanol–water partition coefficient (Wildman–Crippen LogP) is 1.19. The molecule has 1 aromatic carbocycles. The summed E-state index contributed by atoms with van der Waals surface area (Å²) < 4.78 is 6.73. The molecule has 0 saturated carbocycles.